The van der Waals surface area contributed by atoms with Crippen molar-refractivity contribution in [2.24, 2.45) is 5.92 Å². The number of carbonyl (C=O) groups is 2. The minimum atomic E-state index is -4.20. The lowest BCUT2D eigenvalue weighted by Gasteiger charge is -2.31. The molecular weight excluding hydrogens is 412 g/mol. The molecule has 3 rings (SSSR count). The van der Waals surface area contributed by atoms with Gasteiger partial charge in [0.2, 0.25) is 15.9 Å². The van der Waals surface area contributed by atoms with Gasteiger partial charge in [0.1, 0.15) is 0 Å². The second-order valence-corrected chi connectivity index (χ2v) is 9.07. The number of hydrogen-bond donors (Lipinski definition) is 3. The van der Waals surface area contributed by atoms with E-state index in [0.29, 0.717) is 24.1 Å². The highest BCUT2D eigenvalue weighted by molar-refractivity contribution is 7.89. The molecule has 11 heteroatoms. The summed E-state index contributed by atoms with van der Waals surface area (Å²) in [5.41, 5.74) is -0.950. The predicted molar refractivity (Wildman–Crippen MR) is 109 cm³/mol. The van der Waals surface area contributed by atoms with Gasteiger partial charge in [-0.2, -0.15) is 4.31 Å². The first-order valence-electron chi connectivity index (χ1n) is 9.35. The zero-order valence-electron chi connectivity index (χ0n) is 16.5. The molecule has 0 aliphatic carbocycles. The van der Waals surface area contributed by atoms with Crippen LogP contribution in [0.1, 0.15) is 35.8 Å². The Kier molecular flexibility index (Phi) is 6.04. The summed E-state index contributed by atoms with van der Waals surface area (Å²) in [7, 11) is -4.20. The molecule has 1 saturated heterocycles. The fourth-order valence-corrected chi connectivity index (χ4v) is 5.19. The van der Waals surface area contributed by atoms with E-state index in [1.54, 1.807) is 24.3 Å². The average Bonchev–Trinajstić information content (AvgIpc) is 2.67. The van der Waals surface area contributed by atoms with Crippen molar-refractivity contribution in [3.63, 3.8) is 0 Å². The first-order chi connectivity index (χ1) is 14.1. The maximum absolute atomic E-state index is 13.0. The molecule has 2 aromatic rings. The van der Waals surface area contributed by atoms with Crippen LogP contribution in [0.5, 0.6) is 0 Å². The summed E-state index contributed by atoms with van der Waals surface area (Å²) in [5, 5.41) is 2.72. The Labute approximate surface area is 172 Å². The second-order valence-electron chi connectivity index (χ2n) is 7.19. The third-order valence-corrected chi connectivity index (χ3v) is 6.98. The Morgan fingerprint density at radius 2 is 1.93 bits per heavy atom. The SMILES string of the molecule is CC(=O)c1cccc(NC(=O)C2CCCN(S(=O)(=O)c3c(C)[nH]c(=O)[nH]c3=O)C2)c1. The highest BCUT2D eigenvalue weighted by atomic mass is 32.2. The Morgan fingerprint density at radius 3 is 2.60 bits per heavy atom. The van der Waals surface area contributed by atoms with Crippen LogP contribution in [-0.2, 0) is 14.8 Å². The molecule has 2 heterocycles. The van der Waals surface area contributed by atoms with Gasteiger partial charge in [-0.1, -0.05) is 12.1 Å². The van der Waals surface area contributed by atoms with Crippen molar-refractivity contribution >= 4 is 27.4 Å². The number of H-pyrrole nitrogens is 2. The molecular formula is C19H22N4O6S. The van der Waals surface area contributed by atoms with Gasteiger partial charge in [-0.25, -0.2) is 13.2 Å². The maximum Gasteiger partial charge on any atom is 0.325 e. The highest BCUT2D eigenvalue weighted by Crippen LogP contribution is 2.24. The lowest BCUT2D eigenvalue weighted by Crippen LogP contribution is -2.45. The molecule has 10 nitrogen and oxygen atoms in total. The Bertz CT molecular complexity index is 1210. The van der Waals surface area contributed by atoms with Gasteiger partial charge in [-0.05, 0) is 38.8 Å². The first kappa shape index (κ1) is 21.7. The van der Waals surface area contributed by atoms with E-state index in [2.05, 4.69) is 10.3 Å². The van der Waals surface area contributed by atoms with E-state index >= 15 is 0 Å². The van der Waals surface area contributed by atoms with Crippen molar-refractivity contribution in [3.05, 3.63) is 56.4 Å². The van der Waals surface area contributed by atoms with Gasteiger partial charge in [-0.3, -0.25) is 19.4 Å². The van der Waals surface area contributed by atoms with Crippen LogP contribution in [0.25, 0.3) is 0 Å². The van der Waals surface area contributed by atoms with Gasteiger partial charge in [-0.15, -0.1) is 0 Å². The van der Waals surface area contributed by atoms with Crippen molar-refractivity contribution in [1.82, 2.24) is 14.3 Å². The minimum absolute atomic E-state index is 0.0589. The zero-order valence-corrected chi connectivity index (χ0v) is 17.3. The molecule has 160 valence electrons. The fourth-order valence-electron chi connectivity index (χ4n) is 3.46. The molecule has 1 aliphatic heterocycles. The van der Waals surface area contributed by atoms with Gasteiger partial charge in [0.05, 0.1) is 5.92 Å². The number of benzene rings is 1. The van der Waals surface area contributed by atoms with E-state index < -0.39 is 32.1 Å². The molecule has 0 saturated carbocycles. The number of carbonyl (C=O) groups excluding carboxylic acids is 2. The van der Waals surface area contributed by atoms with Crippen LogP contribution in [0.4, 0.5) is 5.69 Å². The Hall–Kier alpha value is -3.05. The van der Waals surface area contributed by atoms with Crippen LogP contribution in [0.2, 0.25) is 0 Å². The molecule has 0 bridgehead atoms. The lowest BCUT2D eigenvalue weighted by atomic mass is 9.98. The third kappa shape index (κ3) is 4.41. The summed E-state index contributed by atoms with van der Waals surface area (Å²) < 4.78 is 27.1. The summed E-state index contributed by atoms with van der Waals surface area (Å²) in [6.07, 6.45) is 0.913. The molecule has 1 aromatic carbocycles. The van der Waals surface area contributed by atoms with Crippen molar-refractivity contribution in [1.29, 1.82) is 0 Å². The van der Waals surface area contributed by atoms with E-state index in [9.17, 15) is 27.6 Å². The quantitative estimate of drug-likeness (QED) is 0.587. The van der Waals surface area contributed by atoms with Crippen LogP contribution in [0.3, 0.4) is 0 Å². The third-order valence-electron chi connectivity index (χ3n) is 4.96. The molecule has 30 heavy (non-hydrogen) atoms. The number of amides is 1. The topological polar surface area (TPSA) is 149 Å². The smallest absolute Gasteiger partial charge is 0.325 e. The van der Waals surface area contributed by atoms with Gasteiger partial charge >= 0.3 is 5.69 Å². The summed E-state index contributed by atoms with van der Waals surface area (Å²) in [4.78, 5) is 51.4. The number of piperidine rings is 1. The van der Waals surface area contributed by atoms with Gasteiger partial charge in [0.15, 0.2) is 10.7 Å². The van der Waals surface area contributed by atoms with Gasteiger partial charge < -0.3 is 10.3 Å². The van der Waals surface area contributed by atoms with E-state index in [-0.39, 0.29) is 30.5 Å². The molecule has 1 aromatic heterocycles. The number of nitrogens with zero attached hydrogens (tertiary/aromatic N) is 1. The van der Waals surface area contributed by atoms with Crippen LogP contribution in [0, 0.1) is 12.8 Å². The van der Waals surface area contributed by atoms with E-state index in [1.165, 1.54) is 13.8 Å². The molecule has 3 N–H and O–H groups in total. The normalized spacial score (nSPS) is 17.5. The summed E-state index contributed by atoms with van der Waals surface area (Å²) >= 11 is 0. The van der Waals surface area contributed by atoms with Crippen LogP contribution >= 0.6 is 0 Å². The molecule has 0 radical (unpaired) electrons. The number of aryl methyl sites for hydroxylation is 1. The number of anilines is 1. The zero-order chi connectivity index (χ0) is 22.1. The molecule has 1 aliphatic rings. The molecule has 0 spiro atoms. The highest BCUT2D eigenvalue weighted by Gasteiger charge is 2.36. The molecule has 1 atom stereocenters. The largest absolute Gasteiger partial charge is 0.326 e. The van der Waals surface area contributed by atoms with Crippen molar-refractivity contribution in [3.8, 4) is 0 Å². The first-order valence-corrected chi connectivity index (χ1v) is 10.8. The number of Topliss-reactive ketones (excluding diaryl/α,β-unsaturated/α-hetero) is 1. The van der Waals surface area contributed by atoms with E-state index in [4.69, 9.17) is 0 Å². The van der Waals surface area contributed by atoms with Crippen LogP contribution in [-0.4, -0.2) is 47.5 Å². The second kappa shape index (κ2) is 8.36. The van der Waals surface area contributed by atoms with E-state index in [0.717, 1.165) is 4.31 Å². The van der Waals surface area contributed by atoms with Crippen molar-refractivity contribution in [2.45, 2.75) is 31.6 Å². The average molecular weight is 434 g/mol. The number of ketones is 1. The number of nitrogens with one attached hydrogen (secondary N) is 3. The minimum Gasteiger partial charge on any atom is -0.326 e. The van der Waals surface area contributed by atoms with Gasteiger partial charge in [0.25, 0.3) is 5.56 Å². The van der Waals surface area contributed by atoms with Crippen molar-refractivity contribution in [2.75, 3.05) is 18.4 Å². The van der Waals surface area contributed by atoms with Gasteiger partial charge in [0, 0.05) is 30.0 Å². The number of hydrogen-bond acceptors (Lipinski definition) is 6. The summed E-state index contributed by atoms with van der Waals surface area (Å²) in [5.74, 6) is -1.14. The van der Waals surface area contributed by atoms with E-state index in [1.807, 2.05) is 4.98 Å². The molecule has 1 amide bonds. The van der Waals surface area contributed by atoms with Crippen LogP contribution < -0.4 is 16.6 Å². The summed E-state index contributed by atoms with van der Waals surface area (Å²) in [6, 6.07) is 6.48. The number of aromatic amines is 2. The Morgan fingerprint density at radius 1 is 1.20 bits per heavy atom. The standard InChI is InChI=1S/C19H22N4O6S/c1-11-16(18(26)22-19(27)20-11)30(28,29)23-8-4-6-14(10-23)17(25)21-15-7-3-5-13(9-15)12(2)24/h3,5,7,9,14H,4,6,8,10H2,1-2H3,(H,21,25)(H2,20,22,26,27). The number of sulfonamides is 1. The molecule has 1 unspecified atom stereocenters. The maximum atomic E-state index is 13.0. The van der Waals surface area contributed by atoms with Crippen molar-refractivity contribution < 1.29 is 18.0 Å². The summed E-state index contributed by atoms with van der Waals surface area (Å²) in [6.45, 7) is 2.81. The monoisotopic (exact) mass is 434 g/mol. The fraction of sp³-hybridized carbons (Fsp3) is 0.368. The lowest BCUT2D eigenvalue weighted by molar-refractivity contribution is -0.120. The molecule has 1 fully saturated rings. The van der Waals surface area contributed by atoms with Crippen LogP contribution in [0.15, 0.2) is 38.8 Å². The Balaban J connectivity index is 1.80. The number of aromatic nitrogens is 2. The number of rotatable bonds is 5. The predicted octanol–water partition coefficient (Wildman–Crippen LogP) is 0.614.